The number of thiophene rings is 1. The predicted octanol–water partition coefficient (Wildman–Crippen LogP) is 2.95. The molecule has 0 radical (unpaired) electrons. The number of ether oxygens (including phenoxy) is 1. The molecule has 0 saturated carbocycles. The summed E-state index contributed by atoms with van der Waals surface area (Å²) in [5.41, 5.74) is 11.7. The molecular formula is C20H27N5O3S. The zero-order chi connectivity index (χ0) is 21.0. The molecule has 0 aromatic carbocycles. The van der Waals surface area contributed by atoms with Crippen molar-refractivity contribution >= 4 is 28.3 Å². The third-order valence-corrected chi connectivity index (χ3v) is 6.40. The number of aromatic nitrogens is 1. The molecule has 3 heterocycles. The van der Waals surface area contributed by atoms with Gasteiger partial charge in [0.15, 0.2) is 0 Å². The van der Waals surface area contributed by atoms with E-state index in [1.165, 1.54) is 17.8 Å². The van der Waals surface area contributed by atoms with E-state index in [9.17, 15) is 9.59 Å². The van der Waals surface area contributed by atoms with Crippen molar-refractivity contribution in [3.8, 4) is 16.3 Å². The lowest BCUT2D eigenvalue weighted by atomic mass is 9.86. The van der Waals surface area contributed by atoms with Crippen LogP contribution in [0.1, 0.15) is 43.5 Å². The van der Waals surface area contributed by atoms with Crippen molar-refractivity contribution in [1.82, 2.24) is 10.3 Å². The van der Waals surface area contributed by atoms with Gasteiger partial charge in [0.1, 0.15) is 5.00 Å². The highest BCUT2D eigenvalue weighted by Gasteiger charge is 2.33. The van der Waals surface area contributed by atoms with E-state index in [-0.39, 0.29) is 11.1 Å². The van der Waals surface area contributed by atoms with Gasteiger partial charge in [-0.25, -0.2) is 9.78 Å². The largest absolute Gasteiger partial charge is 0.478 e. The van der Waals surface area contributed by atoms with Crippen LogP contribution in [0.5, 0.6) is 5.88 Å². The van der Waals surface area contributed by atoms with E-state index in [2.05, 4.69) is 29.5 Å². The van der Waals surface area contributed by atoms with Gasteiger partial charge >= 0.3 is 6.03 Å². The minimum Gasteiger partial charge on any atom is -0.478 e. The fourth-order valence-electron chi connectivity index (χ4n) is 3.62. The topological polar surface area (TPSA) is 132 Å². The highest BCUT2D eigenvalue weighted by molar-refractivity contribution is 7.20. The summed E-state index contributed by atoms with van der Waals surface area (Å²) in [6.07, 6.45) is 4.98. The first-order valence-corrected chi connectivity index (χ1v) is 10.4. The molecule has 9 heteroatoms. The lowest BCUT2D eigenvalue weighted by Crippen LogP contribution is -2.38. The van der Waals surface area contributed by atoms with Gasteiger partial charge in [0.25, 0.3) is 5.91 Å². The number of nitrogens with one attached hydrogen (secondary N) is 2. The van der Waals surface area contributed by atoms with Gasteiger partial charge in [-0.1, -0.05) is 0 Å². The van der Waals surface area contributed by atoms with Crippen molar-refractivity contribution in [3.05, 3.63) is 30.0 Å². The molecule has 1 unspecified atom stereocenters. The third-order valence-electron chi connectivity index (χ3n) is 5.30. The molecule has 156 valence electrons. The highest BCUT2D eigenvalue weighted by Crippen LogP contribution is 2.35. The van der Waals surface area contributed by atoms with Crippen molar-refractivity contribution in [1.29, 1.82) is 0 Å². The standard InChI is InChI=1S/C20H27N5O3S/c1-20(2)13(7-8-24-20)4-3-9-28-16-6-5-12(11-23-16)15-10-14(17(21)26)18(29-15)25-19(22)27/h5-6,10-11,13,24H,3-4,7-9H2,1-2H3,(H2,21,26)(H3,22,25,27). The van der Waals surface area contributed by atoms with Crippen LogP contribution in [0.4, 0.5) is 9.80 Å². The summed E-state index contributed by atoms with van der Waals surface area (Å²) in [6.45, 7) is 6.21. The quantitative estimate of drug-likeness (QED) is 0.490. The highest BCUT2D eigenvalue weighted by atomic mass is 32.1. The SMILES string of the molecule is CC1(C)NCCC1CCCOc1ccc(-c2cc(C(N)=O)c(NC(N)=O)s2)cn1. The van der Waals surface area contributed by atoms with E-state index in [1.54, 1.807) is 18.3 Å². The molecule has 1 aliphatic rings. The van der Waals surface area contributed by atoms with Crippen molar-refractivity contribution in [2.75, 3.05) is 18.5 Å². The summed E-state index contributed by atoms with van der Waals surface area (Å²) in [7, 11) is 0. The number of hydrogen-bond acceptors (Lipinski definition) is 6. The fraction of sp³-hybridized carbons (Fsp3) is 0.450. The molecule has 1 aliphatic heterocycles. The normalized spacial score (nSPS) is 17.8. The number of nitrogens with zero attached hydrogens (tertiary/aromatic N) is 1. The molecule has 3 rings (SSSR count). The van der Waals surface area contributed by atoms with E-state index in [4.69, 9.17) is 16.2 Å². The monoisotopic (exact) mass is 417 g/mol. The Morgan fingerprint density at radius 1 is 1.38 bits per heavy atom. The molecule has 6 N–H and O–H groups in total. The van der Waals surface area contributed by atoms with Gasteiger partial charge in [-0.05, 0) is 57.7 Å². The van der Waals surface area contributed by atoms with Crippen LogP contribution in [0, 0.1) is 5.92 Å². The van der Waals surface area contributed by atoms with Crippen LogP contribution >= 0.6 is 11.3 Å². The molecule has 1 atom stereocenters. The molecule has 1 saturated heterocycles. The summed E-state index contributed by atoms with van der Waals surface area (Å²) in [6, 6.07) is 4.52. The minimum atomic E-state index is -0.750. The first-order valence-electron chi connectivity index (χ1n) is 9.60. The fourth-order valence-corrected chi connectivity index (χ4v) is 4.67. The van der Waals surface area contributed by atoms with Crippen molar-refractivity contribution in [3.63, 3.8) is 0 Å². The van der Waals surface area contributed by atoms with Crippen LogP contribution in [-0.2, 0) is 0 Å². The minimum absolute atomic E-state index is 0.201. The number of primary amides is 2. The first kappa shape index (κ1) is 21.1. The number of hydrogen-bond donors (Lipinski definition) is 4. The average Bonchev–Trinajstić information content (AvgIpc) is 3.22. The summed E-state index contributed by atoms with van der Waals surface area (Å²) < 4.78 is 5.77. The van der Waals surface area contributed by atoms with Gasteiger partial charge in [0.2, 0.25) is 5.88 Å². The van der Waals surface area contributed by atoms with E-state index in [1.807, 2.05) is 6.07 Å². The van der Waals surface area contributed by atoms with Crippen LogP contribution in [0.2, 0.25) is 0 Å². The van der Waals surface area contributed by atoms with Gasteiger partial charge in [0, 0.05) is 28.2 Å². The zero-order valence-electron chi connectivity index (χ0n) is 16.7. The maximum absolute atomic E-state index is 11.6. The maximum atomic E-state index is 11.6. The van der Waals surface area contributed by atoms with Gasteiger partial charge < -0.3 is 21.5 Å². The smallest absolute Gasteiger partial charge is 0.317 e. The van der Waals surface area contributed by atoms with Crippen molar-refractivity contribution in [2.45, 2.75) is 38.6 Å². The first-order chi connectivity index (χ1) is 13.8. The number of nitrogens with two attached hydrogens (primary N) is 2. The van der Waals surface area contributed by atoms with Crippen LogP contribution in [-0.4, -0.2) is 35.6 Å². The van der Waals surface area contributed by atoms with Gasteiger partial charge in [-0.2, -0.15) is 0 Å². The number of rotatable bonds is 8. The van der Waals surface area contributed by atoms with E-state index < -0.39 is 11.9 Å². The molecular weight excluding hydrogens is 390 g/mol. The van der Waals surface area contributed by atoms with E-state index >= 15 is 0 Å². The Balaban J connectivity index is 1.57. The Hall–Kier alpha value is -2.65. The van der Waals surface area contributed by atoms with E-state index in [0.29, 0.717) is 23.4 Å². The van der Waals surface area contributed by atoms with Gasteiger partial charge in [-0.3, -0.25) is 10.1 Å². The molecule has 1 fully saturated rings. The maximum Gasteiger partial charge on any atom is 0.317 e. The Kier molecular flexibility index (Phi) is 6.39. The van der Waals surface area contributed by atoms with Crippen molar-refractivity contribution in [2.24, 2.45) is 17.4 Å². The Bertz CT molecular complexity index is 879. The molecule has 8 nitrogen and oxygen atoms in total. The summed E-state index contributed by atoms with van der Waals surface area (Å²) in [4.78, 5) is 27.8. The second kappa shape index (κ2) is 8.79. The van der Waals surface area contributed by atoms with E-state index in [0.717, 1.165) is 29.8 Å². The molecule has 3 amide bonds. The molecule has 29 heavy (non-hydrogen) atoms. The zero-order valence-corrected chi connectivity index (χ0v) is 17.5. The lowest BCUT2D eigenvalue weighted by Gasteiger charge is -2.27. The molecule has 0 spiro atoms. The predicted molar refractivity (Wildman–Crippen MR) is 114 cm³/mol. The third kappa shape index (κ3) is 5.24. The number of carbonyl (C=O) groups excluding carboxylic acids is 2. The molecule has 0 bridgehead atoms. The second-order valence-corrected chi connectivity index (χ2v) is 8.77. The summed E-state index contributed by atoms with van der Waals surface area (Å²) >= 11 is 1.21. The Labute approximate surface area is 174 Å². The van der Waals surface area contributed by atoms with Crippen LogP contribution in [0.3, 0.4) is 0 Å². The van der Waals surface area contributed by atoms with Crippen LogP contribution in [0.15, 0.2) is 24.4 Å². The molecule has 2 aromatic heterocycles. The number of anilines is 1. The molecule has 0 aliphatic carbocycles. The Morgan fingerprint density at radius 2 is 2.17 bits per heavy atom. The number of amides is 3. The number of carbonyl (C=O) groups is 2. The Morgan fingerprint density at radius 3 is 2.76 bits per heavy atom. The van der Waals surface area contributed by atoms with Gasteiger partial charge in [-0.15, -0.1) is 11.3 Å². The second-order valence-electron chi connectivity index (χ2n) is 7.72. The molecule has 2 aromatic rings. The van der Waals surface area contributed by atoms with Crippen molar-refractivity contribution < 1.29 is 14.3 Å². The summed E-state index contributed by atoms with van der Waals surface area (Å²) in [5.74, 6) is 0.590. The summed E-state index contributed by atoms with van der Waals surface area (Å²) in [5, 5.41) is 6.29. The lowest BCUT2D eigenvalue weighted by molar-refractivity contribution is 0.100. The van der Waals surface area contributed by atoms with Crippen LogP contribution in [0.25, 0.3) is 10.4 Å². The number of urea groups is 1. The average molecular weight is 418 g/mol. The van der Waals surface area contributed by atoms with Gasteiger partial charge in [0.05, 0.1) is 12.2 Å². The number of pyridine rings is 1. The van der Waals surface area contributed by atoms with Crippen LogP contribution < -0.4 is 26.8 Å².